The fourth-order valence-corrected chi connectivity index (χ4v) is 2.50. The molecular formula is C18H25N2O5+. The van der Waals surface area contributed by atoms with Crippen LogP contribution in [0.1, 0.15) is 13.3 Å². The van der Waals surface area contributed by atoms with Crippen molar-refractivity contribution in [2.45, 2.75) is 37.7 Å². The van der Waals surface area contributed by atoms with Gasteiger partial charge in [-0.1, -0.05) is 24.3 Å². The number of carbonyl (C=O) groups is 1. The summed E-state index contributed by atoms with van der Waals surface area (Å²) in [6.07, 6.45) is 0.944. The Labute approximate surface area is 147 Å². The number of hydrogen-bond acceptors (Lipinski definition) is 6. The summed E-state index contributed by atoms with van der Waals surface area (Å²) < 4.78 is 23.0. The third-order valence-electron chi connectivity index (χ3n) is 3.80. The molecule has 4 atom stereocenters. The van der Waals surface area contributed by atoms with Gasteiger partial charge in [0.05, 0.1) is 19.8 Å². The highest BCUT2D eigenvalue weighted by atomic mass is 16.6. The summed E-state index contributed by atoms with van der Waals surface area (Å²) in [6.45, 7) is 6.14. The number of hydrogen-bond donors (Lipinski definition) is 1. The largest absolute Gasteiger partial charge is 0.485 e. The van der Waals surface area contributed by atoms with Crippen LogP contribution < -0.4 is 10.3 Å². The van der Waals surface area contributed by atoms with Crippen molar-refractivity contribution in [2.75, 3.05) is 19.8 Å². The molecule has 1 heterocycles. The fraction of sp³-hybridized carbons (Fsp3) is 0.500. The van der Waals surface area contributed by atoms with E-state index in [1.54, 1.807) is 13.0 Å². The Hall–Kier alpha value is -2.25. The van der Waals surface area contributed by atoms with Gasteiger partial charge in [0.2, 0.25) is 6.04 Å². The predicted molar refractivity (Wildman–Crippen MR) is 89.9 cm³/mol. The van der Waals surface area contributed by atoms with E-state index in [0.717, 1.165) is 0 Å². The topological polar surface area (TPSA) is 91.9 Å². The maximum Gasteiger partial charge on any atom is 0.339 e. The van der Waals surface area contributed by atoms with E-state index in [-0.39, 0.29) is 13.2 Å². The molecular weight excluding hydrogens is 324 g/mol. The van der Waals surface area contributed by atoms with E-state index >= 15 is 0 Å². The van der Waals surface area contributed by atoms with Crippen LogP contribution in [0.5, 0.6) is 5.75 Å². The maximum atomic E-state index is 12.1. The lowest BCUT2D eigenvalue weighted by Gasteiger charge is -2.30. The first-order valence-corrected chi connectivity index (χ1v) is 8.28. The summed E-state index contributed by atoms with van der Waals surface area (Å²) in [5, 5.41) is 3.52. The third-order valence-corrected chi connectivity index (χ3v) is 3.80. The van der Waals surface area contributed by atoms with Gasteiger partial charge in [0.25, 0.3) is 0 Å². The molecule has 0 saturated carbocycles. The van der Waals surface area contributed by atoms with Crippen LogP contribution in [0.25, 0.3) is 0 Å². The smallest absolute Gasteiger partial charge is 0.339 e. The number of cyclic esters (lactones) is 1. The number of esters is 1. The van der Waals surface area contributed by atoms with Gasteiger partial charge in [-0.3, -0.25) is 0 Å². The monoisotopic (exact) mass is 349 g/mol. The average molecular weight is 349 g/mol. The van der Waals surface area contributed by atoms with E-state index in [1.165, 1.54) is 0 Å². The highest BCUT2D eigenvalue weighted by molar-refractivity contribution is 5.76. The average Bonchev–Trinajstić information content (AvgIpc) is 2.66. The lowest BCUT2D eigenvalue weighted by atomic mass is 10.1. The van der Waals surface area contributed by atoms with Crippen LogP contribution in [0.4, 0.5) is 0 Å². The molecule has 7 nitrogen and oxygen atoms in total. The summed E-state index contributed by atoms with van der Waals surface area (Å²) in [6, 6.07) is 8.51. The molecule has 2 N–H and O–H groups in total. The Kier molecular flexibility index (Phi) is 7.56. The SMILES string of the molecule is C=CCCO[C@H]1[C@H](C)OC(=O)[C@@H](N=[NH2+])COC[C@@H]1Oc1ccccc1. The summed E-state index contributed by atoms with van der Waals surface area (Å²) in [5.74, 6) is 0.152. The second-order valence-corrected chi connectivity index (χ2v) is 5.73. The minimum absolute atomic E-state index is 0.0378. The fourth-order valence-electron chi connectivity index (χ4n) is 2.50. The highest BCUT2D eigenvalue weighted by Gasteiger charge is 2.36. The van der Waals surface area contributed by atoms with E-state index < -0.39 is 30.3 Å². The van der Waals surface area contributed by atoms with Gasteiger partial charge in [-0.15, -0.1) is 6.58 Å². The Morgan fingerprint density at radius 1 is 1.36 bits per heavy atom. The van der Waals surface area contributed by atoms with Crippen molar-refractivity contribution in [3.05, 3.63) is 43.0 Å². The zero-order chi connectivity index (χ0) is 18.1. The van der Waals surface area contributed by atoms with Crippen molar-refractivity contribution in [1.82, 2.24) is 0 Å². The second-order valence-electron chi connectivity index (χ2n) is 5.73. The lowest BCUT2D eigenvalue weighted by Crippen LogP contribution is -2.46. The van der Waals surface area contributed by atoms with Gasteiger partial charge in [0.1, 0.15) is 18.0 Å². The molecule has 1 aromatic rings. The lowest BCUT2D eigenvalue weighted by molar-refractivity contribution is -0.233. The van der Waals surface area contributed by atoms with Gasteiger partial charge >= 0.3 is 5.97 Å². The molecule has 136 valence electrons. The number of benzene rings is 1. The number of nitrogens with two attached hydrogens (primary N) is 1. The minimum Gasteiger partial charge on any atom is -0.485 e. The van der Waals surface area contributed by atoms with Crippen LogP contribution in [0.3, 0.4) is 0 Å². The summed E-state index contributed by atoms with van der Waals surface area (Å²) in [4.78, 5) is 12.1. The maximum absolute atomic E-state index is 12.1. The quantitative estimate of drug-likeness (QED) is 0.342. The molecule has 1 aliphatic heterocycles. The normalized spacial score (nSPS) is 27.3. The van der Waals surface area contributed by atoms with Crippen molar-refractivity contribution in [3.63, 3.8) is 0 Å². The molecule has 0 radical (unpaired) electrons. The van der Waals surface area contributed by atoms with Crippen molar-refractivity contribution >= 4 is 5.97 Å². The van der Waals surface area contributed by atoms with E-state index in [9.17, 15) is 4.79 Å². The molecule has 1 saturated heterocycles. The standard InChI is InChI=1S/C18H24N2O5/c1-3-4-10-23-17-13(2)24-18(21)15(20-19)11-22-12-16(17)25-14-8-6-5-7-9-14/h3,5-9,13,15-17,19H,1,4,10-12H2,2H3/p+1/t13-,15-,16-,17-/m0/s1. The van der Waals surface area contributed by atoms with Gasteiger partial charge in [-0.05, 0) is 30.6 Å². The molecule has 0 spiro atoms. The van der Waals surface area contributed by atoms with E-state index in [2.05, 4.69) is 11.7 Å². The molecule has 1 aliphatic rings. The van der Waals surface area contributed by atoms with Crippen LogP contribution in [0, 0.1) is 0 Å². The predicted octanol–water partition coefficient (Wildman–Crippen LogP) is 0.937. The summed E-state index contributed by atoms with van der Waals surface area (Å²) >= 11 is 0. The van der Waals surface area contributed by atoms with Crippen molar-refractivity contribution < 1.29 is 29.3 Å². The number of rotatable bonds is 7. The van der Waals surface area contributed by atoms with Gasteiger partial charge in [-0.25, -0.2) is 4.79 Å². The number of carbonyl (C=O) groups excluding carboxylic acids is 1. The van der Waals surface area contributed by atoms with Gasteiger partial charge in [0, 0.05) is 0 Å². The molecule has 0 aliphatic carbocycles. The molecule has 0 amide bonds. The number of nitrogens with zero attached hydrogens (tertiary/aromatic N) is 1. The molecule has 0 bridgehead atoms. The van der Waals surface area contributed by atoms with Crippen molar-refractivity contribution in [3.8, 4) is 5.75 Å². The Morgan fingerprint density at radius 3 is 2.80 bits per heavy atom. The van der Waals surface area contributed by atoms with Crippen LogP contribution in [-0.2, 0) is 19.0 Å². The molecule has 1 fully saturated rings. The zero-order valence-corrected chi connectivity index (χ0v) is 14.4. The number of ether oxygens (including phenoxy) is 4. The molecule has 7 heteroatoms. The van der Waals surface area contributed by atoms with Gasteiger partial charge in [-0.2, -0.15) is 5.53 Å². The van der Waals surface area contributed by atoms with Crippen LogP contribution in [0.15, 0.2) is 48.1 Å². The van der Waals surface area contributed by atoms with Gasteiger partial charge in [0.15, 0.2) is 6.10 Å². The van der Waals surface area contributed by atoms with Crippen molar-refractivity contribution in [1.29, 1.82) is 0 Å². The van der Waals surface area contributed by atoms with Crippen LogP contribution in [0.2, 0.25) is 0 Å². The van der Waals surface area contributed by atoms with Crippen molar-refractivity contribution in [2.24, 2.45) is 5.11 Å². The van der Waals surface area contributed by atoms with Crippen LogP contribution >= 0.6 is 0 Å². The van der Waals surface area contributed by atoms with Gasteiger partial charge < -0.3 is 18.9 Å². The van der Waals surface area contributed by atoms with E-state index in [0.29, 0.717) is 18.8 Å². The Bertz CT molecular complexity index is 566. The third kappa shape index (κ3) is 5.65. The Balaban J connectivity index is 2.18. The zero-order valence-electron chi connectivity index (χ0n) is 14.4. The number of para-hydroxylation sites is 1. The first-order chi connectivity index (χ1) is 12.2. The first-order valence-electron chi connectivity index (χ1n) is 8.28. The molecule has 2 rings (SSSR count). The molecule has 1 aromatic carbocycles. The molecule has 0 aromatic heterocycles. The summed E-state index contributed by atoms with van der Waals surface area (Å²) in [5.41, 5.74) is 5.27. The molecule has 0 unspecified atom stereocenters. The molecule has 25 heavy (non-hydrogen) atoms. The van der Waals surface area contributed by atoms with E-state index in [1.807, 2.05) is 30.3 Å². The highest BCUT2D eigenvalue weighted by Crippen LogP contribution is 2.20. The van der Waals surface area contributed by atoms with Crippen LogP contribution in [-0.4, -0.2) is 50.1 Å². The Morgan fingerprint density at radius 2 is 2.12 bits per heavy atom. The first kappa shape index (κ1) is 19.1. The summed E-state index contributed by atoms with van der Waals surface area (Å²) in [7, 11) is 0. The minimum atomic E-state index is -0.855. The van der Waals surface area contributed by atoms with E-state index in [4.69, 9.17) is 24.5 Å². The second kappa shape index (κ2) is 9.90.